The monoisotopic (exact) mass is 443 g/mol. The van der Waals surface area contributed by atoms with Crippen molar-refractivity contribution < 1.29 is 8.42 Å². The topological polar surface area (TPSA) is 46.2 Å². The minimum absolute atomic E-state index is 0.0216. The Labute approximate surface area is 143 Å². The first kappa shape index (κ1) is 17.8. The number of anilines is 1. The van der Waals surface area contributed by atoms with Crippen LogP contribution in [0.25, 0.3) is 0 Å². The van der Waals surface area contributed by atoms with Gasteiger partial charge in [0.2, 0.25) is 0 Å². The van der Waals surface area contributed by atoms with Crippen LogP contribution in [-0.2, 0) is 10.0 Å². The molecule has 1 unspecified atom stereocenters. The predicted molar refractivity (Wildman–Crippen MR) is 88.9 cm³/mol. The number of benzene rings is 1. The largest absolute Gasteiger partial charge is 0.282 e. The molecule has 106 valence electrons. The third-order valence-electron chi connectivity index (χ3n) is 1.69. The molecule has 0 saturated heterocycles. The molecule has 10 heteroatoms. The molecule has 1 aromatic carbocycles. The molecule has 19 heavy (non-hydrogen) atoms. The van der Waals surface area contributed by atoms with Gasteiger partial charge < -0.3 is 0 Å². The minimum atomic E-state index is -3.70. The van der Waals surface area contributed by atoms with Gasteiger partial charge in [0.15, 0.2) is 3.49 Å². The summed E-state index contributed by atoms with van der Waals surface area (Å²) in [6, 6.07) is 6.21. The molecule has 0 amide bonds. The van der Waals surface area contributed by atoms with Crippen molar-refractivity contribution in [2.24, 2.45) is 0 Å². The summed E-state index contributed by atoms with van der Waals surface area (Å²) < 4.78 is 25.0. The van der Waals surface area contributed by atoms with Crippen LogP contribution in [-0.4, -0.2) is 11.9 Å². The molecule has 0 aromatic heterocycles. The summed E-state index contributed by atoms with van der Waals surface area (Å²) in [5.41, 5.74) is 0.381. The van der Waals surface area contributed by atoms with Crippen LogP contribution in [0.2, 0.25) is 5.02 Å². The Bertz CT molecular complexity index is 572. The third-order valence-corrected chi connectivity index (χ3v) is 7.89. The van der Waals surface area contributed by atoms with E-state index in [4.69, 9.17) is 46.4 Å². The van der Waals surface area contributed by atoms with Gasteiger partial charge in [-0.25, -0.2) is 8.42 Å². The molecular weight excluding hydrogens is 440 g/mol. The van der Waals surface area contributed by atoms with Crippen molar-refractivity contribution >= 4 is 89.8 Å². The number of thioether (sulfide) groups is 1. The first-order valence-corrected chi connectivity index (χ1v) is 9.36. The number of halogens is 5. The minimum Gasteiger partial charge on any atom is -0.282 e. The van der Waals surface area contributed by atoms with E-state index >= 15 is 0 Å². The quantitative estimate of drug-likeness (QED) is 0.622. The summed E-state index contributed by atoms with van der Waals surface area (Å²) in [5.74, 6) is 0. The van der Waals surface area contributed by atoms with Gasteiger partial charge in [0.1, 0.15) is 8.86 Å². The maximum atomic E-state index is 12.0. The fourth-order valence-corrected chi connectivity index (χ4v) is 4.65. The highest BCUT2D eigenvalue weighted by atomic mass is 79.9. The maximum absolute atomic E-state index is 12.0. The molecule has 0 bridgehead atoms. The summed E-state index contributed by atoms with van der Waals surface area (Å²) in [6.07, 6.45) is 0. The average molecular weight is 446 g/mol. The number of alkyl halides is 1. The Balaban J connectivity index is 2.81. The molecule has 0 heterocycles. The predicted octanol–water partition coefficient (Wildman–Crippen LogP) is 5.34. The van der Waals surface area contributed by atoms with Crippen molar-refractivity contribution in [3.63, 3.8) is 0 Å². The molecule has 1 aromatic rings. The lowest BCUT2D eigenvalue weighted by molar-refractivity contribution is 0.604. The second-order valence-corrected chi connectivity index (χ2v) is 10.4. The number of rotatable bonds is 5. The van der Waals surface area contributed by atoms with E-state index in [9.17, 15) is 8.42 Å². The summed E-state index contributed by atoms with van der Waals surface area (Å²) in [6.45, 7) is 0. The Morgan fingerprint density at radius 1 is 1.21 bits per heavy atom. The lowest BCUT2D eigenvalue weighted by Crippen LogP contribution is -2.20. The molecule has 1 rings (SSSR count). The molecule has 1 atom stereocenters. The molecule has 3 nitrogen and oxygen atoms in total. The van der Waals surface area contributed by atoms with Crippen molar-refractivity contribution in [1.29, 1.82) is 0 Å². The molecule has 0 radical (unpaired) electrons. The highest BCUT2D eigenvalue weighted by Gasteiger charge is 2.25. The van der Waals surface area contributed by atoms with E-state index < -0.39 is 13.5 Å². The van der Waals surface area contributed by atoms with Crippen LogP contribution >= 0.6 is 74.1 Å². The van der Waals surface area contributed by atoms with Crippen molar-refractivity contribution in [2.45, 2.75) is 3.49 Å². The molecular formula is C9H6BrCl4NO2S2. The van der Waals surface area contributed by atoms with Gasteiger partial charge in [-0.3, -0.25) is 4.72 Å². The van der Waals surface area contributed by atoms with Gasteiger partial charge in [0.25, 0.3) is 10.0 Å². The summed E-state index contributed by atoms with van der Waals surface area (Å²) in [5, 5.41) is 0.507. The van der Waals surface area contributed by atoms with Crippen LogP contribution in [0.1, 0.15) is 0 Å². The SMILES string of the molecule is O=S(=O)(Nc1ccc(Cl)cc1)C(Br)SC(Cl)=C(Cl)Cl. The zero-order chi connectivity index (χ0) is 14.6. The molecule has 0 saturated carbocycles. The molecule has 1 N–H and O–H groups in total. The lowest BCUT2D eigenvalue weighted by Gasteiger charge is -2.12. The summed E-state index contributed by atoms with van der Waals surface area (Å²) in [7, 11) is -3.70. The number of hydrogen-bond acceptors (Lipinski definition) is 3. The fourth-order valence-electron chi connectivity index (χ4n) is 0.918. The van der Waals surface area contributed by atoms with Crippen LogP contribution < -0.4 is 4.72 Å². The van der Waals surface area contributed by atoms with E-state index in [2.05, 4.69) is 20.7 Å². The van der Waals surface area contributed by atoms with Crippen LogP contribution in [0.15, 0.2) is 33.1 Å². The lowest BCUT2D eigenvalue weighted by atomic mass is 10.3. The molecule has 0 aliphatic heterocycles. The fraction of sp³-hybridized carbons (Fsp3) is 0.111. The second kappa shape index (κ2) is 7.64. The second-order valence-electron chi connectivity index (χ2n) is 3.08. The van der Waals surface area contributed by atoms with Gasteiger partial charge in [-0.1, -0.05) is 74.1 Å². The Morgan fingerprint density at radius 2 is 1.74 bits per heavy atom. The first-order valence-electron chi connectivity index (χ1n) is 4.51. The van der Waals surface area contributed by atoms with Gasteiger partial charge in [0.05, 0.1) is 0 Å². The van der Waals surface area contributed by atoms with Crippen molar-refractivity contribution in [1.82, 2.24) is 0 Å². The van der Waals surface area contributed by atoms with Gasteiger partial charge in [-0.15, -0.1) is 0 Å². The van der Waals surface area contributed by atoms with E-state index in [1.54, 1.807) is 12.1 Å². The summed E-state index contributed by atoms with van der Waals surface area (Å²) >= 11 is 26.0. The Kier molecular flexibility index (Phi) is 7.13. The zero-order valence-electron chi connectivity index (χ0n) is 8.91. The highest BCUT2D eigenvalue weighted by Crippen LogP contribution is 2.37. The molecule has 0 fully saturated rings. The van der Waals surface area contributed by atoms with Gasteiger partial charge >= 0.3 is 0 Å². The molecule has 0 aliphatic carbocycles. The standard InChI is InChI=1S/C9H6BrCl4NO2S2/c10-9(18-8(14)7(12)13)19(16,17)15-6-3-1-5(11)2-4-6/h1-4,9,15H. The van der Waals surface area contributed by atoms with Gasteiger partial charge in [0, 0.05) is 10.7 Å². The zero-order valence-corrected chi connectivity index (χ0v) is 15.2. The number of sulfonamides is 1. The normalized spacial score (nSPS) is 12.9. The highest BCUT2D eigenvalue weighted by molar-refractivity contribution is 9.13. The Hall–Kier alpha value is 0.700. The maximum Gasteiger partial charge on any atom is 0.255 e. The third kappa shape index (κ3) is 5.91. The van der Waals surface area contributed by atoms with E-state index in [0.29, 0.717) is 10.7 Å². The average Bonchev–Trinajstić information content (AvgIpc) is 2.31. The summed E-state index contributed by atoms with van der Waals surface area (Å²) in [4.78, 5) is 0. The smallest absolute Gasteiger partial charge is 0.255 e. The van der Waals surface area contributed by atoms with Crippen molar-refractivity contribution in [3.8, 4) is 0 Å². The van der Waals surface area contributed by atoms with Crippen molar-refractivity contribution in [2.75, 3.05) is 4.72 Å². The van der Waals surface area contributed by atoms with E-state index in [1.807, 2.05) is 0 Å². The van der Waals surface area contributed by atoms with Crippen LogP contribution in [0.5, 0.6) is 0 Å². The Morgan fingerprint density at radius 3 is 2.21 bits per heavy atom. The van der Waals surface area contributed by atoms with E-state index in [0.717, 1.165) is 11.8 Å². The number of nitrogens with one attached hydrogen (secondary N) is 1. The van der Waals surface area contributed by atoms with E-state index in [-0.39, 0.29) is 8.86 Å². The first-order chi connectivity index (χ1) is 8.72. The van der Waals surface area contributed by atoms with Crippen LogP contribution in [0, 0.1) is 0 Å². The van der Waals surface area contributed by atoms with Crippen LogP contribution in [0.3, 0.4) is 0 Å². The van der Waals surface area contributed by atoms with Crippen molar-refractivity contribution in [3.05, 3.63) is 38.1 Å². The molecule has 0 spiro atoms. The molecule has 0 aliphatic rings. The van der Waals surface area contributed by atoms with Gasteiger partial charge in [-0.05, 0) is 24.3 Å². The van der Waals surface area contributed by atoms with Crippen LogP contribution in [0.4, 0.5) is 5.69 Å². The van der Waals surface area contributed by atoms with Gasteiger partial charge in [-0.2, -0.15) is 0 Å². The van der Waals surface area contributed by atoms with E-state index in [1.165, 1.54) is 12.1 Å². The number of hydrogen-bond donors (Lipinski definition) is 1.